The third-order valence-corrected chi connectivity index (χ3v) is 23.5. The molecule has 0 spiro atoms. The highest BCUT2D eigenvalue weighted by atomic mass is 35.5. The predicted octanol–water partition coefficient (Wildman–Crippen LogP) is 18.3. The smallest absolute Gasteiger partial charge is 0.408 e. The second kappa shape index (κ2) is 44.6. The first-order chi connectivity index (χ1) is 66.5. The molecule has 7 N–H and O–H groups in total. The largest absolute Gasteiger partial charge is 0.465 e. The molecule has 2 aliphatic rings. The normalized spacial score (nSPS) is 14.2. The second-order valence-corrected chi connectivity index (χ2v) is 33.8. The number of amides is 1. The number of nitrogens with zero attached hydrogens (tertiary/aromatic N) is 14. The molecule has 9 aromatic carbocycles. The van der Waals surface area contributed by atoms with E-state index >= 15 is 0 Å². The number of methoxy groups -OCH3 is 3. The Labute approximate surface area is 794 Å². The van der Waals surface area contributed by atoms with Gasteiger partial charge in [-0.3, -0.25) is 37.2 Å². The Hall–Kier alpha value is -15.5. The van der Waals surface area contributed by atoms with Gasteiger partial charge in [0.1, 0.15) is 53.7 Å². The van der Waals surface area contributed by atoms with E-state index in [1.807, 2.05) is 206 Å². The van der Waals surface area contributed by atoms with Gasteiger partial charge >= 0.3 is 24.0 Å². The maximum Gasteiger partial charge on any atom is 0.408 e. The lowest BCUT2D eigenvalue weighted by molar-refractivity contribution is -0.0299. The molecule has 0 radical (unpaired) electrons. The van der Waals surface area contributed by atoms with Gasteiger partial charge in [0.2, 0.25) is 0 Å². The predicted molar refractivity (Wildman–Crippen MR) is 527 cm³/mol. The number of rotatable bonds is 26. The Bertz CT molecular complexity index is 7130. The molecule has 16 aromatic rings. The van der Waals surface area contributed by atoms with E-state index in [1.54, 1.807) is 89.6 Å². The number of carbonyl (C=O) groups is 4. The average molecular weight is 1870 g/mol. The zero-order valence-corrected chi connectivity index (χ0v) is 78.2. The summed E-state index contributed by atoms with van der Waals surface area (Å²) >= 11 is 5.94. The molecule has 2 aliphatic heterocycles. The van der Waals surface area contributed by atoms with Crippen molar-refractivity contribution >= 4 is 114 Å². The van der Waals surface area contributed by atoms with Crippen LogP contribution in [-0.2, 0) is 48.1 Å². The Morgan fingerprint density at radius 3 is 1.19 bits per heavy atom. The summed E-state index contributed by atoms with van der Waals surface area (Å²) in [4.78, 5) is 131. The highest BCUT2D eigenvalue weighted by Gasteiger charge is 2.30. The molecule has 33 nitrogen and oxygen atoms in total. The first-order valence-corrected chi connectivity index (χ1v) is 45.8. The molecular formula is C103H107ClN20O13. The van der Waals surface area contributed by atoms with Crippen LogP contribution in [0.3, 0.4) is 0 Å². The van der Waals surface area contributed by atoms with Crippen molar-refractivity contribution in [2.75, 3.05) is 55.8 Å². The molecule has 0 saturated carbocycles. The van der Waals surface area contributed by atoms with Gasteiger partial charge in [-0.05, 0) is 204 Å². The third kappa shape index (κ3) is 22.5. The molecule has 9 heterocycles. The Morgan fingerprint density at radius 2 is 0.818 bits per heavy atom. The quantitative estimate of drug-likeness (QED) is 0.0167. The number of aromatic nitrogens is 14. The number of halogens is 1. The van der Waals surface area contributed by atoms with Crippen LogP contribution in [0.4, 0.5) is 27.7 Å². The molecule has 5 atom stereocenters. The van der Waals surface area contributed by atoms with E-state index in [0.29, 0.717) is 168 Å². The molecule has 18 rings (SSSR count). The summed E-state index contributed by atoms with van der Waals surface area (Å²) in [6.45, 7) is 14.2. The van der Waals surface area contributed by atoms with Gasteiger partial charge in [-0.2, -0.15) is 0 Å². The van der Waals surface area contributed by atoms with Crippen LogP contribution < -0.4 is 49.0 Å². The lowest BCUT2D eigenvalue weighted by Crippen LogP contribution is -2.37. The van der Waals surface area contributed by atoms with Gasteiger partial charge < -0.3 is 60.7 Å². The van der Waals surface area contributed by atoms with Gasteiger partial charge in [-0.1, -0.05) is 142 Å². The van der Waals surface area contributed by atoms with Crippen LogP contribution in [0.1, 0.15) is 195 Å². The van der Waals surface area contributed by atoms with Gasteiger partial charge in [-0.15, -0.1) is 0 Å². The van der Waals surface area contributed by atoms with Gasteiger partial charge in [0.15, 0.2) is 27.8 Å². The topological polar surface area (TPSA) is 402 Å². The number of anilines is 4. The average Bonchev–Trinajstić information content (AvgIpc) is 1.02. The molecular weight excluding hydrogens is 1760 g/mol. The Kier molecular flexibility index (Phi) is 31.3. The number of alkyl carbamates (subject to hydrolysis) is 1. The SMILES string of the molecule is CC[C@H](N)c1nc2cccc(NCc3ccc(C(=O)OC)cc3)c2c(=O)n1-c1ccccc1.CC[C@H](NC(=O)OC(C)(C)C)c1nc2cccc(NCc3ccc(C(=O)OC)cc3)c2c(=O)n1-c1ccccc1.CC[C@H](Nc1ncnc2c1ncn2C1CCCCO1)c1nc2cccc(NCc3ccc(C(=O)OC)cc3)c2c(=O)n1-c1ccccc1.Clc1ncnc2c1ncn2C1CCCCO1. The highest BCUT2D eigenvalue weighted by molar-refractivity contribution is 6.33. The molecule has 2 fully saturated rings. The molecule has 2 saturated heterocycles. The number of hydrogen-bond acceptors (Lipinski definition) is 27. The van der Waals surface area contributed by atoms with Crippen molar-refractivity contribution in [1.29, 1.82) is 0 Å². The highest BCUT2D eigenvalue weighted by Crippen LogP contribution is 2.35. The summed E-state index contributed by atoms with van der Waals surface area (Å²) in [6.07, 6.45) is 13.9. The number of para-hydroxylation sites is 3. The fraction of sp³-hybridized carbons (Fsp3) is 0.282. The van der Waals surface area contributed by atoms with E-state index < -0.39 is 23.7 Å². The monoisotopic (exact) mass is 1870 g/mol. The van der Waals surface area contributed by atoms with Crippen LogP contribution in [0, 0.1) is 0 Å². The summed E-state index contributed by atoms with van der Waals surface area (Å²) in [5, 5.41) is 18.3. The number of nitrogens with two attached hydrogens (primary N) is 1. The minimum absolute atomic E-state index is 0.0321. The summed E-state index contributed by atoms with van der Waals surface area (Å²) in [5.74, 6) is 0.896. The Balaban J connectivity index is 0.000000146. The van der Waals surface area contributed by atoms with E-state index in [9.17, 15) is 33.6 Å². The van der Waals surface area contributed by atoms with E-state index in [4.69, 9.17) is 60.7 Å². The van der Waals surface area contributed by atoms with Crippen LogP contribution in [0.2, 0.25) is 5.15 Å². The van der Waals surface area contributed by atoms with Crippen LogP contribution >= 0.6 is 11.6 Å². The minimum Gasteiger partial charge on any atom is -0.465 e. The summed E-state index contributed by atoms with van der Waals surface area (Å²) in [5.41, 5.74) is 17.7. The van der Waals surface area contributed by atoms with Crippen molar-refractivity contribution in [2.45, 2.75) is 155 Å². The van der Waals surface area contributed by atoms with Crippen molar-refractivity contribution in [3.8, 4) is 17.1 Å². The molecule has 1 amide bonds. The number of nitrogens with one attached hydrogen (secondary N) is 5. The first-order valence-electron chi connectivity index (χ1n) is 45.4. The third-order valence-electron chi connectivity index (χ3n) is 23.2. The summed E-state index contributed by atoms with van der Waals surface area (Å²) in [6, 6.07) is 64.8. The van der Waals surface area contributed by atoms with Gasteiger partial charge in [0.25, 0.3) is 16.7 Å². The van der Waals surface area contributed by atoms with Crippen molar-refractivity contribution in [3.05, 3.63) is 331 Å². The molecule has 0 aliphatic carbocycles. The first kappa shape index (κ1) is 96.1. The zero-order valence-electron chi connectivity index (χ0n) is 77.4. The van der Waals surface area contributed by atoms with Crippen molar-refractivity contribution in [1.82, 2.24) is 73.0 Å². The molecule has 7 aromatic heterocycles. The number of hydrogen-bond donors (Lipinski definition) is 6. The summed E-state index contributed by atoms with van der Waals surface area (Å²) in [7, 11) is 4.06. The van der Waals surface area contributed by atoms with Gasteiger partial charge in [0, 0.05) is 49.9 Å². The second-order valence-electron chi connectivity index (χ2n) is 33.5. The summed E-state index contributed by atoms with van der Waals surface area (Å²) < 4.78 is 40.2. The number of benzene rings is 9. The molecule has 34 heteroatoms. The van der Waals surface area contributed by atoms with Crippen LogP contribution in [0.5, 0.6) is 0 Å². The van der Waals surface area contributed by atoms with E-state index in [1.165, 1.54) is 40.4 Å². The van der Waals surface area contributed by atoms with Crippen molar-refractivity contribution in [2.24, 2.45) is 5.73 Å². The van der Waals surface area contributed by atoms with E-state index in [2.05, 4.69) is 56.5 Å². The Morgan fingerprint density at radius 1 is 0.445 bits per heavy atom. The number of imidazole rings is 2. The minimum atomic E-state index is -0.668. The molecule has 704 valence electrons. The zero-order chi connectivity index (χ0) is 96.2. The number of ether oxygens (including phenoxy) is 6. The lowest BCUT2D eigenvalue weighted by atomic mass is 10.1. The van der Waals surface area contributed by atoms with E-state index in [0.717, 1.165) is 66.7 Å². The van der Waals surface area contributed by atoms with Gasteiger partial charge in [0.05, 0.1) is 119 Å². The van der Waals surface area contributed by atoms with Crippen LogP contribution in [0.15, 0.2) is 258 Å². The molecule has 0 bridgehead atoms. The van der Waals surface area contributed by atoms with Crippen molar-refractivity contribution < 1.29 is 47.6 Å². The maximum atomic E-state index is 14.5. The van der Waals surface area contributed by atoms with E-state index in [-0.39, 0.29) is 53.2 Å². The van der Waals surface area contributed by atoms with Crippen molar-refractivity contribution in [3.63, 3.8) is 0 Å². The standard InChI is InChI=1S/C36H36N8O4.C31H34N4O5.C26H26N4O3.C10H11ClN4O/c1-3-26(41-32-31-34(39-21-38-32)43(22-40-31)29-14-7-8-19-48-29)33-42-28-13-9-12-27(30(28)35(45)44(33)25-10-5-4-6-11-25)37-20-23-15-17-24(18-16-23)36(46)47-2;1-6-23(34-30(38)40-31(2,3)4)27-33-25-14-10-13-24(26(25)28(36)35(27)22-11-8-7-9-12-22)32-19-20-15-17-21(18-16-20)29(37)39-5;1-3-20(27)24-29-22-11-7-10-21(23(22)25(31)30(24)19-8-5-4-6-9-19)28-16-17-12-14-18(15-13-17)26(32)33-2;11-9-8-10(13-5-12-9)15(6-14-8)7-3-1-2-4-16-7/h4-6,9-13,15-18,21-22,26,29,37H,3,7-8,14,19-20H2,1-2H3,(H,38,39,41);7-18,23,32H,6,19H2,1-5H3,(H,34,38);4-15,20,28H,3,16,27H2,1-2H3;5-7H,1-4H2/t26-,29?;23-;20-;/m000./s1. The number of fused-ring (bicyclic) bond motifs is 5. The fourth-order valence-corrected chi connectivity index (χ4v) is 16.4. The lowest BCUT2D eigenvalue weighted by Gasteiger charge is -2.25. The molecule has 137 heavy (non-hydrogen) atoms. The fourth-order valence-electron chi connectivity index (χ4n) is 16.2. The number of carbonyl (C=O) groups excluding carboxylic acids is 4. The van der Waals surface area contributed by atoms with Crippen LogP contribution in [-0.4, -0.2) is 132 Å². The van der Waals surface area contributed by atoms with Gasteiger partial charge in [-0.25, -0.2) is 64.0 Å². The molecule has 2 unspecified atom stereocenters. The maximum absolute atomic E-state index is 14.5. The van der Waals surface area contributed by atoms with Crippen LogP contribution in [0.25, 0.3) is 72.1 Å². The number of esters is 3.